The second kappa shape index (κ2) is 9.34. The number of benzene rings is 2. The first-order valence-corrected chi connectivity index (χ1v) is 12.2. The van der Waals surface area contributed by atoms with Gasteiger partial charge in [-0.25, -0.2) is 4.79 Å². The minimum Gasteiger partial charge on any atom is -0.481 e. The molecule has 1 aliphatic carbocycles. The van der Waals surface area contributed by atoms with Crippen molar-refractivity contribution in [2.45, 2.75) is 31.7 Å². The quantitative estimate of drug-likeness (QED) is 0.660. The molecule has 8 heteroatoms. The van der Waals surface area contributed by atoms with Gasteiger partial charge in [-0.2, -0.15) is 0 Å². The summed E-state index contributed by atoms with van der Waals surface area (Å²) in [6, 6.07) is 15.4. The van der Waals surface area contributed by atoms with Crippen molar-refractivity contribution in [1.82, 2.24) is 10.2 Å². The molecule has 184 valence electrons. The molecular weight excluding hydrogens is 448 g/mol. The highest BCUT2D eigenvalue weighted by atomic mass is 16.5. The van der Waals surface area contributed by atoms with Crippen LogP contribution < -0.4 is 5.32 Å². The van der Waals surface area contributed by atoms with Gasteiger partial charge >= 0.3 is 12.1 Å². The van der Waals surface area contributed by atoms with Gasteiger partial charge in [0.25, 0.3) is 0 Å². The fourth-order valence-corrected chi connectivity index (χ4v) is 5.81. The minimum absolute atomic E-state index is 0.0685. The van der Waals surface area contributed by atoms with Crippen LogP contribution in [0, 0.1) is 11.3 Å². The summed E-state index contributed by atoms with van der Waals surface area (Å²) in [5.41, 5.74) is 3.54. The van der Waals surface area contributed by atoms with E-state index in [1.54, 1.807) is 4.90 Å². The Morgan fingerprint density at radius 3 is 2.40 bits per heavy atom. The first kappa shape index (κ1) is 23.4. The number of ether oxygens (including phenoxy) is 2. The Labute approximate surface area is 204 Å². The van der Waals surface area contributed by atoms with Crippen molar-refractivity contribution in [3.05, 3.63) is 59.7 Å². The lowest BCUT2D eigenvalue weighted by Gasteiger charge is -2.33. The van der Waals surface area contributed by atoms with Gasteiger partial charge in [0.05, 0.1) is 12.0 Å². The van der Waals surface area contributed by atoms with Gasteiger partial charge in [-0.3, -0.25) is 9.59 Å². The van der Waals surface area contributed by atoms with E-state index in [4.69, 9.17) is 9.47 Å². The number of carbonyl (C=O) groups is 3. The maximum atomic E-state index is 13.2. The van der Waals surface area contributed by atoms with Crippen molar-refractivity contribution >= 4 is 18.0 Å². The maximum absolute atomic E-state index is 13.2. The highest BCUT2D eigenvalue weighted by molar-refractivity contribution is 5.87. The highest BCUT2D eigenvalue weighted by Crippen LogP contribution is 2.45. The van der Waals surface area contributed by atoms with Gasteiger partial charge in [0.1, 0.15) is 12.6 Å². The summed E-state index contributed by atoms with van der Waals surface area (Å²) in [7, 11) is 0. The smallest absolute Gasteiger partial charge is 0.407 e. The summed E-state index contributed by atoms with van der Waals surface area (Å²) < 4.78 is 11.1. The number of hydrogen-bond donors (Lipinski definition) is 2. The van der Waals surface area contributed by atoms with E-state index in [0.29, 0.717) is 32.6 Å². The third-order valence-electron chi connectivity index (χ3n) is 7.79. The van der Waals surface area contributed by atoms with E-state index in [9.17, 15) is 19.5 Å². The fourth-order valence-electron chi connectivity index (χ4n) is 5.81. The van der Waals surface area contributed by atoms with Crippen LogP contribution in [-0.4, -0.2) is 66.9 Å². The Bertz CT molecular complexity index is 1100. The predicted octanol–water partition coefficient (Wildman–Crippen LogP) is 3.25. The molecule has 2 fully saturated rings. The van der Waals surface area contributed by atoms with Crippen molar-refractivity contribution in [2.24, 2.45) is 11.3 Å². The van der Waals surface area contributed by atoms with Crippen LogP contribution in [0.3, 0.4) is 0 Å². The molecular formula is C27H30N2O6. The lowest BCUT2D eigenvalue weighted by Crippen LogP contribution is -2.49. The number of rotatable bonds is 6. The van der Waals surface area contributed by atoms with Crippen LogP contribution in [0.15, 0.2) is 48.5 Å². The molecule has 0 saturated carbocycles. The molecule has 0 aromatic heterocycles. The molecule has 2 amide bonds. The highest BCUT2D eigenvalue weighted by Gasteiger charge is 2.55. The SMILES string of the molecule is CC[C@H](NC(=O)OCC1c2ccccc2-c2ccccc21)C(=O)N1CC2COCCC2(C(=O)O)C1. The van der Waals surface area contributed by atoms with E-state index in [2.05, 4.69) is 29.6 Å². The molecule has 8 nitrogen and oxygen atoms in total. The number of aliphatic carboxylic acids is 1. The number of carboxylic acid groups (broad SMARTS) is 1. The summed E-state index contributed by atoms with van der Waals surface area (Å²) in [6.45, 7) is 3.13. The topological polar surface area (TPSA) is 105 Å². The Kier molecular flexibility index (Phi) is 6.23. The molecule has 35 heavy (non-hydrogen) atoms. The zero-order valence-electron chi connectivity index (χ0n) is 19.7. The zero-order chi connectivity index (χ0) is 24.6. The molecule has 3 aliphatic rings. The van der Waals surface area contributed by atoms with Crippen molar-refractivity contribution in [3.63, 3.8) is 0 Å². The molecule has 2 saturated heterocycles. The largest absolute Gasteiger partial charge is 0.481 e. The van der Waals surface area contributed by atoms with Crippen LogP contribution in [0.1, 0.15) is 36.8 Å². The lowest BCUT2D eigenvalue weighted by atomic mass is 9.74. The molecule has 0 bridgehead atoms. The van der Waals surface area contributed by atoms with Gasteiger partial charge in [0, 0.05) is 31.5 Å². The van der Waals surface area contributed by atoms with Gasteiger partial charge in [-0.15, -0.1) is 0 Å². The molecule has 2 unspecified atom stereocenters. The number of fused-ring (bicyclic) bond motifs is 4. The van der Waals surface area contributed by atoms with E-state index in [1.165, 1.54) is 0 Å². The number of alkyl carbamates (subject to hydrolysis) is 1. The number of nitrogens with zero attached hydrogens (tertiary/aromatic N) is 1. The van der Waals surface area contributed by atoms with E-state index in [-0.39, 0.29) is 30.9 Å². The van der Waals surface area contributed by atoms with Crippen molar-refractivity contribution in [2.75, 3.05) is 32.9 Å². The van der Waals surface area contributed by atoms with E-state index < -0.39 is 23.5 Å². The van der Waals surface area contributed by atoms with Crippen LogP contribution >= 0.6 is 0 Å². The minimum atomic E-state index is -0.976. The van der Waals surface area contributed by atoms with Crippen LogP contribution in [0.2, 0.25) is 0 Å². The molecule has 2 aromatic carbocycles. The Balaban J connectivity index is 1.23. The Morgan fingerprint density at radius 1 is 1.14 bits per heavy atom. The normalized spacial score (nSPS) is 23.7. The summed E-state index contributed by atoms with van der Waals surface area (Å²) >= 11 is 0. The summed E-state index contributed by atoms with van der Waals surface area (Å²) in [5, 5.41) is 12.6. The predicted molar refractivity (Wildman–Crippen MR) is 128 cm³/mol. The van der Waals surface area contributed by atoms with Crippen molar-refractivity contribution < 1.29 is 29.0 Å². The summed E-state index contributed by atoms with van der Waals surface area (Å²) in [4.78, 5) is 39.6. The van der Waals surface area contributed by atoms with Gasteiger partial charge in [-0.1, -0.05) is 55.5 Å². The molecule has 0 spiro atoms. The van der Waals surface area contributed by atoms with Gasteiger partial charge < -0.3 is 24.8 Å². The summed E-state index contributed by atoms with van der Waals surface area (Å²) in [5.74, 6) is -1.49. The monoisotopic (exact) mass is 478 g/mol. The third kappa shape index (κ3) is 4.05. The second-order valence-corrected chi connectivity index (χ2v) is 9.63. The van der Waals surface area contributed by atoms with Crippen molar-refractivity contribution in [1.29, 1.82) is 0 Å². The van der Waals surface area contributed by atoms with E-state index in [1.807, 2.05) is 31.2 Å². The molecule has 2 N–H and O–H groups in total. The number of likely N-dealkylation sites (tertiary alicyclic amines) is 1. The number of hydrogen-bond acceptors (Lipinski definition) is 5. The first-order chi connectivity index (χ1) is 16.9. The number of nitrogens with one attached hydrogen (secondary N) is 1. The number of amides is 2. The molecule has 5 rings (SSSR count). The summed E-state index contributed by atoms with van der Waals surface area (Å²) in [6.07, 6.45) is 0.105. The standard InChI is InChI=1S/C27H30N2O6/c1-2-23(24(30)29-13-17-14-34-12-11-27(17,16-29)25(31)32)28-26(33)35-15-22-20-9-5-3-7-18(20)19-8-4-6-10-21(19)22/h3-10,17,22-23H,2,11-16H2,1H3,(H,28,33)(H,31,32)/t17?,23-,27?/m0/s1. The average Bonchev–Trinajstić information content (AvgIpc) is 3.43. The molecule has 0 radical (unpaired) electrons. The molecule has 2 aliphatic heterocycles. The Morgan fingerprint density at radius 2 is 1.80 bits per heavy atom. The van der Waals surface area contributed by atoms with Gasteiger partial charge in [-0.05, 0) is 35.1 Å². The van der Waals surface area contributed by atoms with Crippen LogP contribution in [-0.2, 0) is 19.1 Å². The lowest BCUT2D eigenvalue weighted by molar-refractivity contribution is -0.157. The van der Waals surface area contributed by atoms with Crippen LogP contribution in [0.5, 0.6) is 0 Å². The maximum Gasteiger partial charge on any atom is 0.407 e. The molecule has 2 heterocycles. The second-order valence-electron chi connectivity index (χ2n) is 9.63. The van der Waals surface area contributed by atoms with E-state index in [0.717, 1.165) is 22.3 Å². The number of carbonyl (C=O) groups excluding carboxylic acids is 2. The van der Waals surface area contributed by atoms with Crippen molar-refractivity contribution in [3.8, 4) is 11.1 Å². The molecule has 2 aromatic rings. The zero-order valence-corrected chi connectivity index (χ0v) is 19.7. The van der Waals surface area contributed by atoms with Gasteiger partial charge in [0.15, 0.2) is 0 Å². The third-order valence-corrected chi connectivity index (χ3v) is 7.79. The number of carboxylic acids is 1. The first-order valence-electron chi connectivity index (χ1n) is 12.2. The van der Waals surface area contributed by atoms with Crippen LogP contribution in [0.25, 0.3) is 11.1 Å². The van der Waals surface area contributed by atoms with E-state index >= 15 is 0 Å². The molecule has 3 atom stereocenters. The average molecular weight is 479 g/mol. The fraction of sp³-hybridized carbons (Fsp3) is 0.444. The Hall–Kier alpha value is -3.39. The van der Waals surface area contributed by atoms with Crippen LogP contribution in [0.4, 0.5) is 4.79 Å². The van der Waals surface area contributed by atoms with Gasteiger partial charge in [0.2, 0.25) is 5.91 Å².